The highest BCUT2D eigenvalue weighted by atomic mass is 16.4. The van der Waals surface area contributed by atoms with Crippen molar-refractivity contribution >= 4 is 22.9 Å². The predicted molar refractivity (Wildman–Crippen MR) is 70.6 cm³/mol. The summed E-state index contributed by atoms with van der Waals surface area (Å²) in [6.45, 7) is 3.36. The fourth-order valence-electron chi connectivity index (χ4n) is 1.79. The van der Waals surface area contributed by atoms with Crippen LogP contribution in [0.1, 0.15) is 29.8 Å². The zero-order valence-corrected chi connectivity index (χ0v) is 10.3. The van der Waals surface area contributed by atoms with E-state index in [9.17, 15) is 9.90 Å². The lowest BCUT2D eigenvalue weighted by Crippen LogP contribution is -2.13. The van der Waals surface area contributed by atoms with Gasteiger partial charge in [0.2, 0.25) is 0 Å². The number of para-hydroxylation sites is 1. The van der Waals surface area contributed by atoms with Gasteiger partial charge < -0.3 is 15.2 Å². The van der Waals surface area contributed by atoms with Gasteiger partial charge in [-0.15, -0.1) is 0 Å². The number of aromatic carboxylic acids is 1. The number of carbonyl (C=O) groups is 1. The van der Waals surface area contributed by atoms with Crippen molar-refractivity contribution in [2.24, 2.45) is 0 Å². The van der Waals surface area contributed by atoms with E-state index in [0.717, 1.165) is 11.1 Å². The Bertz CT molecular complexity index is 617. The molecule has 0 fully saturated rings. The summed E-state index contributed by atoms with van der Waals surface area (Å²) in [5.41, 5.74) is 0.964. The zero-order valence-electron chi connectivity index (χ0n) is 10.3. The Morgan fingerprint density at radius 1 is 1.39 bits per heavy atom. The molecule has 0 saturated carbocycles. The normalized spacial score (nSPS) is 12.4. The van der Waals surface area contributed by atoms with Gasteiger partial charge in [0.25, 0.3) is 0 Å². The summed E-state index contributed by atoms with van der Waals surface area (Å²) in [4.78, 5) is 14.0. The summed E-state index contributed by atoms with van der Waals surface area (Å²) in [5.74, 6) is -0.954. The van der Waals surface area contributed by atoms with Gasteiger partial charge in [-0.1, -0.05) is 30.4 Å². The first kappa shape index (κ1) is 12.4. The molecule has 94 valence electrons. The third-order valence-corrected chi connectivity index (χ3v) is 2.65. The number of H-pyrrole nitrogens is 1. The largest absolute Gasteiger partial charge is 0.478 e. The van der Waals surface area contributed by atoms with Gasteiger partial charge in [-0.05, 0) is 19.4 Å². The van der Waals surface area contributed by atoms with Crippen LogP contribution in [-0.4, -0.2) is 26.8 Å². The monoisotopic (exact) mass is 245 g/mol. The Morgan fingerprint density at radius 2 is 2.11 bits per heavy atom. The van der Waals surface area contributed by atoms with E-state index >= 15 is 0 Å². The minimum Gasteiger partial charge on any atom is -0.478 e. The number of aromatic nitrogens is 1. The first-order valence-corrected chi connectivity index (χ1v) is 5.63. The number of aromatic amines is 1. The molecule has 0 saturated heterocycles. The van der Waals surface area contributed by atoms with Crippen LogP contribution in [0.5, 0.6) is 0 Å². The van der Waals surface area contributed by atoms with Gasteiger partial charge in [0.05, 0.1) is 16.7 Å². The van der Waals surface area contributed by atoms with E-state index in [2.05, 4.69) is 4.98 Å². The average Bonchev–Trinajstić information content (AvgIpc) is 2.69. The number of hydrogen-bond donors (Lipinski definition) is 3. The molecule has 0 aliphatic rings. The highest BCUT2D eigenvalue weighted by Crippen LogP contribution is 2.23. The summed E-state index contributed by atoms with van der Waals surface area (Å²) in [7, 11) is 0. The van der Waals surface area contributed by atoms with Crippen molar-refractivity contribution in [1.29, 1.82) is 0 Å². The van der Waals surface area contributed by atoms with Gasteiger partial charge >= 0.3 is 5.97 Å². The van der Waals surface area contributed by atoms with Gasteiger partial charge in [-0.3, -0.25) is 0 Å². The molecule has 0 aliphatic heterocycles. The maximum absolute atomic E-state index is 11.0. The Kier molecular flexibility index (Phi) is 2.97. The SMILES string of the molecule is CC(C)(O)/C=C/c1cccc2c(C(=O)O)c[nH]c12. The average molecular weight is 245 g/mol. The van der Waals surface area contributed by atoms with Gasteiger partial charge in [-0.2, -0.15) is 0 Å². The van der Waals surface area contributed by atoms with Crippen molar-refractivity contribution in [1.82, 2.24) is 4.98 Å². The van der Waals surface area contributed by atoms with E-state index in [-0.39, 0.29) is 5.56 Å². The molecule has 0 bridgehead atoms. The second-order valence-electron chi connectivity index (χ2n) is 4.76. The van der Waals surface area contributed by atoms with Crippen LogP contribution in [0.3, 0.4) is 0 Å². The minimum absolute atomic E-state index is 0.253. The topological polar surface area (TPSA) is 73.3 Å². The summed E-state index contributed by atoms with van der Waals surface area (Å²) in [6.07, 6.45) is 4.93. The van der Waals surface area contributed by atoms with Gasteiger partial charge in [0.1, 0.15) is 0 Å². The summed E-state index contributed by atoms with van der Waals surface area (Å²) < 4.78 is 0. The van der Waals surface area contributed by atoms with Crippen LogP contribution >= 0.6 is 0 Å². The van der Waals surface area contributed by atoms with Crippen molar-refractivity contribution in [3.8, 4) is 0 Å². The smallest absolute Gasteiger partial charge is 0.337 e. The highest BCUT2D eigenvalue weighted by molar-refractivity contribution is 6.05. The molecule has 0 radical (unpaired) electrons. The van der Waals surface area contributed by atoms with Crippen molar-refractivity contribution in [3.05, 3.63) is 41.6 Å². The fourth-order valence-corrected chi connectivity index (χ4v) is 1.79. The van der Waals surface area contributed by atoms with Gasteiger partial charge in [-0.25, -0.2) is 4.79 Å². The van der Waals surface area contributed by atoms with Crippen LogP contribution in [0.2, 0.25) is 0 Å². The molecule has 0 atom stereocenters. The number of hydrogen-bond acceptors (Lipinski definition) is 2. The quantitative estimate of drug-likeness (QED) is 0.778. The molecule has 2 aromatic rings. The third kappa shape index (κ3) is 2.43. The second-order valence-corrected chi connectivity index (χ2v) is 4.76. The van der Waals surface area contributed by atoms with E-state index in [1.54, 1.807) is 38.1 Å². The molecule has 1 aromatic carbocycles. The first-order chi connectivity index (χ1) is 8.38. The fraction of sp³-hybridized carbons (Fsp3) is 0.214. The number of carboxylic acid groups (broad SMARTS) is 1. The van der Waals surface area contributed by atoms with Crippen molar-refractivity contribution in [2.75, 3.05) is 0 Å². The molecule has 0 amide bonds. The van der Waals surface area contributed by atoms with Crippen LogP contribution < -0.4 is 0 Å². The Morgan fingerprint density at radius 3 is 2.72 bits per heavy atom. The minimum atomic E-state index is -0.954. The number of aliphatic hydroxyl groups is 1. The van der Waals surface area contributed by atoms with Crippen molar-refractivity contribution in [3.63, 3.8) is 0 Å². The molecule has 2 rings (SSSR count). The molecular formula is C14H15NO3. The number of carboxylic acids is 1. The van der Waals surface area contributed by atoms with Crippen molar-refractivity contribution < 1.29 is 15.0 Å². The van der Waals surface area contributed by atoms with Crippen LogP contribution in [0.25, 0.3) is 17.0 Å². The summed E-state index contributed by atoms with van der Waals surface area (Å²) in [5, 5.41) is 19.4. The molecule has 4 heteroatoms. The maximum Gasteiger partial charge on any atom is 0.337 e. The Balaban J connectivity index is 2.54. The number of rotatable bonds is 3. The summed E-state index contributed by atoms with van der Waals surface area (Å²) >= 11 is 0. The van der Waals surface area contributed by atoms with E-state index in [0.29, 0.717) is 5.39 Å². The van der Waals surface area contributed by atoms with E-state index in [4.69, 9.17) is 5.11 Å². The first-order valence-electron chi connectivity index (χ1n) is 5.63. The Labute approximate surface area is 105 Å². The lowest BCUT2D eigenvalue weighted by Gasteiger charge is -2.10. The van der Waals surface area contributed by atoms with Crippen molar-refractivity contribution in [2.45, 2.75) is 19.4 Å². The van der Waals surface area contributed by atoms with Gasteiger partial charge in [0, 0.05) is 11.6 Å². The number of fused-ring (bicyclic) bond motifs is 1. The highest BCUT2D eigenvalue weighted by Gasteiger charge is 2.12. The lowest BCUT2D eigenvalue weighted by molar-refractivity contribution is 0.0699. The molecule has 4 nitrogen and oxygen atoms in total. The molecule has 0 aliphatic carbocycles. The maximum atomic E-state index is 11.0. The second kappa shape index (κ2) is 4.31. The van der Waals surface area contributed by atoms with Crippen LogP contribution in [0, 0.1) is 0 Å². The molecule has 0 unspecified atom stereocenters. The van der Waals surface area contributed by atoms with E-state index < -0.39 is 11.6 Å². The Hall–Kier alpha value is -2.07. The molecule has 1 heterocycles. The molecule has 3 N–H and O–H groups in total. The predicted octanol–water partition coefficient (Wildman–Crippen LogP) is 2.65. The molecular weight excluding hydrogens is 230 g/mol. The summed E-state index contributed by atoms with van der Waals surface area (Å²) in [6, 6.07) is 5.43. The molecule has 0 spiro atoms. The molecule has 18 heavy (non-hydrogen) atoms. The lowest BCUT2D eigenvalue weighted by atomic mass is 10.0. The number of benzene rings is 1. The number of nitrogens with one attached hydrogen (secondary N) is 1. The van der Waals surface area contributed by atoms with E-state index in [1.165, 1.54) is 6.20 Å². The van der Waals surface area contributed by atoms with Gasteiger partial charge in [0.15, 0.2) is 0 Å². The standard InChI is InChI=1S/C14H15NO3/c1-14(2,18)7-6-9-4-3-5-10-11(13(16)17)8-15-12(9)10/h3-8,15,18H,1-2H3,(H,16,17)/b7-6+. The van der Waals surface area contributed by atoms with Crippen LogP contribution in [0.4, 0.5) is 0 Å². The third-order valence-electron chi connectivity index (χ3n) is 2.65. The van der Waals surface area contributed by atoms with Crippen LogP contribution in [0.15, 0.2) is 30.5 Å². The molecule has 1 aromatic heterocycles. The van der Waals surface area contributed by atoms with E-state index in [1.807, 2.05) is 6.07 Å². The zero-order chi connectivity index (χ0) is 13.3. The van der Waals surface area contributed by atoms with Crippen LogP contribution in [-0.2, 0) is 0 Å².